The molecule has 0 radical (unpaired) electrons. The third kappa shape index (κ3) is 6.17. The van der Waals surface area contributed by atoms with E-state index in [0.717, 1.165) is 39.3 Å². The minimum atomic E-state index is -0.517. The molecule has 2 aliphatic heterocycles. The van der Waals surface area contributed by atoms with Gasteiger partial charge in [0.25, 0.3) is 0 Å². The largest absolute Gasteiger partial charge is 0.492 e. The lowest BCUT2D eigenvalue weighted by Gasteiger charge is -2.15. The Morgan fingerprint density at radius 3 is 1.28 bits per heavy atom. The Balaban J connectivity index is 1.24. The van der Waals surface area contributed by atoms with Crippen molar-refractivity contribution in [2.24, 2.45) is 0 Å². The Labute approximate surface area is 190 Å². The first-order valence-corrected chi connectivity index (χ1v) is 11.7. The van der Waals surface area contributed by atoms with E-state index >= 15 is 0 Å². The topological polar surface area (TPSA) is 59.1 Å². The van der Waals surface area contributed by atoms with Crippen molar-refractivity contribution in [2.45, 2.75) is 25.7 Å². The van der Waals surface area contributed by atoms with E-state index in [1.807, 2.05) is 0 Å². The molecule has 6 nitrogen and oxygen atoms in total. The predicted molar refractivity (Wildman–Crippen MR) is 124 cm³/mol. The smallest absolute Gasteiger partial charge is 0.233 e. The van der Waals surface area contributed by atoms with Crippen LogP contribution in [-0.4, -0.2) is 73.8 Å². The van der Waals surface area contributed by atoms with Gasteiger partial charge in [0, 0.05) is 24.2 Å². The number of hydrogen-bond donors (Lipinski definition) is 0. The average Bonchev–Trinajstić information content (AvgIpc) is 3.54. The summed E-state index contributed by atoms with van der Waals surface area (Å²) in [5, 5.41) is 0. The maximum Gasteiger partial charge on any atom is 0.233 e. The van der Waals surface area contributed by atoms with Crippen LogP contribution in [0.5, 0.6) is 11.5 Å². The highest BCUT2D eigenvalue weighted by Gasteiger charge is 2.19. The monoisotopic (exact) mass is 436 g/mol. The number of hydrogen-bond acceptors (Lipinski definition) is 6. The molecule has 0 amide bonds. The summed E-state index contributed by atoms with van der Waals surface area (Å²) < 4.78 is 11.5. The van der Waals surface area contributed by atoms with Gasteiger partial charge in [-0.15, -0.1) is 0 Å². The molecule has 2 aromatic rings. The van der Waals surface area contributed by atoms with E-state index in [1.165, 1.54) is 25.7 Å². The Morgan fingerprint density at radius 1 is 0.594 bits per heavy atom. The summed E-state index contributed by atoms with van der Waals surface area (Å²) in [6.07, 6.45) is 5.05. The minimum absolute atomic E-state index is 0.368. The van der Waals surface area contributed by atoms with Gasteiger partial charge in [0.1, 0.15) is 24.7 Å². The van der Waals surface area contributed by atoms with Crippen molar-refractivity contribution in [1.82, 2.24) is 9.80 Å². The summed E-state index contributed by atoms with van der Waals surface area (Å²) in [7, 11) is 0. The molecule has 32 heavy (non-hydrogen) atoms. The fourth-order valence-electron chi connectivity index (χ4n) is 4.26. The molecular formula is C26H32N2O4. The molecule has 2 saturated heterocycles. The van der Waals surface area contributed by atoms with Crippen LogP contribution in [0.3, 0.4) is 0 Å². The standard InChI is InChI=1S/C26H32N2O4/c29-25(21-5-9-23(10-6-21)31-19-17-27-13-1-2-14-27)26(30)22-7-11-24(12-8-22)32-20-18-28-15-3-4-16-28/h5-12H,1-4,13-20H2. The van der Waals surface area contributed by atoms with Crippen molar-refractivity contribution in [3.05, 3.63) is 59.7 Å². The number of carbonyl (C=O) groups excluding carboxylic acids is 2. The fourth-order valence-corrected chi connectivity index (χ4v) is 4.26. The lowest BCUT2D eigenvalue weighted by molar-refractivity contribution is 0.0817. The zero-order chi connectivity index (χ0) is 22.2. The van der Waals surface area contributed by atoms with E-state index in [4.69, 9.17) is 9.47 Å². The van der Waals surface area contributed by atoms with Crippen molar-refractivity contribution in [1.29, 1.82) is 0 Å². The molecular weight excluding hydrogens is 404 g/mol. The summed E-state index contributed by atoms with van der Waals surface area (Å²) in [5.41, 5.74) is 0.737. The minimum Gasteiger partial charge on any atom is -0.492 e. The molecule has 2 heterocycles. The van der Waals surface area contributed by atoms with Crippen LogP contribution in [0.1, 0.15) is 46.4 Å². The maximum atomic E-state index is 12.6. The van der Waals surface area contributed by atoms with Crippen LogP contribution in [0.4, 0.5) is 0 Å². The molecule has 2 fully saturated rings. The number of likely N-dealkylation sites (tertiary alicyclic amines) is 2. The Hall–Kier alpha value is -2.70. The lowest BCUT2D eigenvalue weighted by Crippen LogP contribution is -2.25. The van der Waals surface area contributed by atoms with Crippen molar-refractivity contribution in [3.63, 3.8) is 0 Å². The third-order valence-corrected chi connectivity index (χ3v) is 6.19. The molecule has 0 aliphatic carbocycles. The quantitative estimate of drug-likeness (QED) is 0.395. The summed E-state index contributed by atoms with van der Waals surface area (Å²) in [6.45, 7) is 7.65. The Kier molecular flexibility index (Phi) is 7.91. The van der Waals surface area contributed by atoms with Gasteiger partial charge in [-0.25, -0.2) is 0 Å². The fraction of sp³-hybridized carbons (Fsp3) is 0.462. The lowest BCUT2D eigenvalue weighted by atomic mass is 10.0. The van der Waals surface area contributed by atoms with Crippen molar-refractivity contribution in [2.75, 3.05) is 52.5 Å². The number of benzene rings is 2. The van der Waals surface area contributed by atoms with Gasteiger partial charge in [0.05, 0.1) is 0 Å². The zero-order valence-corrected chi connectivity index (χ0v) is 18.6. The van der Waals surface area contributed by atoms with Crippen molar-refractivity contribution in [3.8, 4) is 11.5 Å². The van der Waals surface area contributed by atoms with Crippen molar-refractivity contribution >= 4 is 11.6 Å². The second-order valence-corrected chi connectivity index (χ2v) is 8.50. The van der Waals surface area contributed by atoms with Crippen LogP contribution in [-0.2, 0) is 0 Å². The highest BCUT2D eigenvalue weighted by molar-refractivity contribution is 6.49. The number of ketones is 2. The average molecular weight is 437 g/mol. The summed E-state index contributed by atoms with van der Waals surface area (Å²) in [4.78, 5) is 30.0. The van der Waals surface area contributed by atoms with Crippen LogP contribution >= 0.6 is 0 Å². The number of Topliss-reactive ketones (excluding diaryl/α,β-unsaturated/α-hetero) is 2. The van der Waals surface area contributed by atoms with Gasteiger partial charge in [-0.1, -0.05) is 0 Å². The van der Waals surface area contributed by atoms with Gasteiger partial charge in [0.2, 0.25) is 11.6 Å². The molecule has 0 unspecified atom stereocenters. The van der Waals surface area contributed by atoms with Crippen LogP contribution in [0.15, 0.2) is 48.5 Å². The maximum absolute atomic E-state index is 12.6. The van der Waals surface area contributed by atoms with Crippen LogP contribution < -0.4 is 9.47 Å². The highest BCUT2D eigenvalue weighted by atomic mass is 16.5. The van der Waals surface area contributed by atoms with Crippen molar-refractivity contribution < 1.29 is 19.1 Å². The molecule has 0 bridgehead atoms. The third-order valence-electron chi connectivity index (χ3n) is 6.19. The second-order valence-electron chi connectivity index (χ2n) is 8.50. The first-order valence-electron chi connectivity index (χ1n) is 11.7. The number of rotatable bonds is 11. The van der Waals surface area contributed by atoms with Gasteiger partial charge < -0.3 is 9.47 Å². The Morgan fingerprint density at radius 2 is 0.938 bits per heavy atom. The van der Waals surface area contributed by atoms with Gasteiger partial charge >= 0.3 is 0 Å². The van der Waals surface area contributed by atoms with Crippen LogP contribution in [0.2, 0.25) is 0 Å². The summed E-state index contributed by atoms with van der Waals surface area (Å²) in [5.74, 6) is 0.389. The second kappa shape index (κ2) is 11.2. The van der Waals surface area contributed by atoms with E-state index in [2.05, 4.69) is 9.80 Å². The molecule has 2 aromatic carbocycles. The van der Waals surface area contributed by atoms with Gasteiger partial charge in [-0.2, -0.15) is 0 Å². The van der Waals surface area contributed by atoms with Gasteiger partial charge in [-0.05, 0) is 100 Å². The van der Waals surface area contributed by atoms with Gasteiger partial charge in [0.15, 0.2) is 0 Å². The SMILES string of the molecule is O=C(C(=O)c1ccc(OCCN2CCCC2)cc1)c1ccc(OCCN2CCCC2)cc1. The molecule has 2 aliphatic rings. The molecule has 0 spiro atoms. The van der Waals surface area contributed by atoms with Gasteiger partial charge in [-0.3, -0.25) is 19.4 Å². The first-order chi connectivity index (χ1) is 15.7. The van der Waals surface area contributed by atoms with E-state index in [1.54, 1.807) is 48.5 Å². The van der Waals surface area contributed by atoms with E-state index in [0.29, 0.717) is 35.8 Å². The highest BCUT2D eigenvalue weighted by Crippen LogP contribution is 2.17. The molecule has 6 heteroatoms. The normalized spacial score (nSPS) is 16.9. The first kappa shape index (κ1) is 22.5. The predicted octanol–water partition coefficient (Wildman–Crippen LogP) is 3.70. The molecule has 0 atom stereocenters. The van der Waals surface area contributed by atoms with E-state index < -0.39 is 11.6 Å². The molecule has 0 aromatic heterocycles. The number of ether oxygens (including phenoxy) is 2. The summed E-state index contributed by atoms with van der Waals surface area (Å²) in [6, 6.07) is 13.6. The number of carbonyl (C=O) groups is 2. The Bertz CT molecular complexity index is 808. The molecule has 4 rings (SSSR count). The van der Waals surface area contributed by atoms with Crippen LogP contribution in [0, 0.1) is 0 Å². The van der Waals surface area contributed by atoms with E-state index in [-0.39, 0.29) is 0 Å². The molecule has 0 saturated carbocycles. The number of nitrogens with zero attached hydrogens (tertiary/aromatic N) is 2. The summed E-state index contributed by atoms with van der Waals surface area (Å²) >= 11 is 0. The molecule has 170 valence electrons. The molecule has 0 N–H and O–H groups in total. The zero-order valence-electron chi connectivity index (χ0n) is 18.6. The van der Waals surface area contributed by atoms with E-state index in [9.17, 15) is 9.59 Å². The van der Waals surface area contributed by atoms with Crippen LogP contribution in [0.25, 0.3) is 0 Å².